The van der Waals surface area contributed by atoms with Gasteiger partial charge in [-0.15, -0.1) is 10.2 Å². The van der Waals surface area contributed by atoms with E-state index >= 15 is 0 Å². The highest BCUT2D eigenvalue weighted by Gasteiger charge is 2.40. The van der Waals surface area contributed by atoms with Gasteiger partial charge in [0.1, 0.15) is 6.04 Å². The van der Waals surface area contributed by atoms with Crippen LogP contribution in [-0.4, -0.2) is 105 Å². The summed E-state index contributed by atoms with van der Waals surface area (Å²) in [5, 5.41) is 30.7. The highest BCUT2D eigenvalue weighted by Crippen LogP contribution is 2.29. The standard InChI is InChI=1S/C28H39N7O5/c1-17-13-18(36)15-35(17)26(38)24(28(2,3)4)30-23(37)16-33-9-11-34(12-10-33)22-14-21(31-32-25(22)29)19-7-5-6-8-20(19)27(39)40/h5-8,14,17-18,24,36H,9-13,15-16H2,1-4H3,(H2,29,32)(H,30,37)(H,39,40)/t17-,18-,24-/m1/s1. The molecule has 2 fully saturated rings. The molecule has 3 heterocycles. The van der Waals surface area contributed by atoms with Crippen molar-refractivity contribution in [2.45, 2.75) is 52.3 Å². The number of aromatic nitrogens is 2. The molecule has 3 atom stereocenters. The van der Waals surface area contributed by atoms with Gasteiger partial charge in [0.15, 0.2) is 5.82 Å². The van der Waals surface area contributed by atoms with E-state index in [-0.39, 0.29) is 42.3 Å². The van der Waals surface area contributed by atoms with Crippen LogP contribution in [0.3, 0.4) is 0 Å². The minimum Gasteiger partial charge on any atom is -0.478 e. The van der Waals surface area contributed by atoms with E-state index < -0.39 is 23.5 Å². The van der Waals surface area contributed by atoms with E-state index in [4.69, 9.17) is 5.73 Å². The zero-order valence-electron chi connectivity index (χ0n) is 23.5. The number of piperazine rings is 1. The number of anilines is 2. The van der Waals surface area contributed by atoms with E-state index in [0.717, 1.165) is 0 Å². The molecule has 2 saturated heterocycles. The largest absolute Gasteiger partial charge is 0.478 e. The number of amides is 2. The first-order chi connectivity index (χ1) is 18.8. The Morgan fingerprint density at radius 2 is 1.80 bits per heavy atom. The number of nitrogen functional groups attached to an aromatic ring is 1. The summed E-state index contributed by atoms with van der Waals surface area (Å²) < 4.78 is 0. The van der Waals surface area contributed by atoms with Crippen LogP contribution in [0, 0.1) is 5.41 Å². The van der Waals surface area contributed by atoms with E-state index in [2.05, 4.69) is 15.5 Å². The average molecular weight is 554 g/mol. The molecule has 2 aliphatic heterocycles. The first-order valence-electron chi connectivity index (χ1n) is 13.6. The molecule has 12 heteroatoms. The molecule has 0 spiro atoms. The van der Waals surface area contributed by atoms with Crippen LogP contribution < -0.4 is 16.0 Å². The van der Waals surface area contributed by atoms with Crippen molar-refractivity contribution in [1.29, 1.82) is 0 Å². The molecule has 0 bridgehead atoms. The van der Waals surface area contributed by atoms with Gasteiger partial charge in [0.25, 0.3) is 0 Å². The first-order valence-corrected chi connectivity index (χ1v) is 13.6. The van der Waals surface area contributed by atoms with Crippen molar-refractivity contribution in [2.24, 2.45) is 5.41 Å². The number of benzene rings is 1. The number of likely N-dealkylation sites (tertiary alicyclic amines) is 1. The molecule has 4 rings (SSSR count). The number of nitrogens with one attached hydrogen (secondary N) is 1. The number of aliphatic hydroxyl groups excluding tert-OH is 1. The molecule has 12 nitrogen and oxygen atoms in total. The Hall–Kier alpha value is -3.77. The molecule has 1 aromatic carbocycles. The molecule has 2 aliphatic rings. The monoisotopic (exact) mass is 553 g/mol. The smallest absolute Gasteiger partial charge is 0.336 e. The van der Waals surface area contributed by atoms with Crippen molar-refractivity contribution >= 4 is 29.3 Å². The second-order valence-electron chi connectivity index (χ2n) is 11.7. The number of carbonyl (C=O) groups is 3. The van der Waals surface area contributed by atoms with Crippen LogP contribution in [0.25, 0.3) is 11.3 Å². The lowest BCUT2D eigenvalue weighted by molar-refractivity contribution is -0.140. The number of nitrogens with two attached hydrogens (primary N) is 1. The Morgan fingerprint density at radius 1 is 1.12 bits per heavy atom. The molecule has 2 aromatic rings. The van der Waals surface area contributed by atoms with E-state index in [0.29, 0.717) is 49.5 Å². The molecular weight excluding hydrogens is 514 g/mol. The molecule has 0 saturated carbocycles. The van der Waals surface area contributed by atoms with Gasteiger partial charge >= 0.3 is 5.97 Å². The third kappa shape index (κ3) is 6.50. The predicted octanol–water partition coefficient (Wildman–Crippen LogP) is 1.06. The second-order valence-corrected chi connectivity index (χ2v) is 11.7. The Kier molecular flexibility index (Phi) is 8.59. The fraction of sp³-hybridized carbons (Fsp3) is 0.536. The van der Waals surface area contributed by atoms with Crippen molar-refractivity contribution in [3.63, 3.8) is 0 Å². The fourth-order valence-electron chi connectivity index (χ4n) is 5.35. The van der Waals surface area contributed by atoms with Crippen LogP contribution in [0.2, 0.25) is 0 Å². The number of nitrogens with zero attached hydrogens (tertiary/aromatic N) is 5. The molecule has 2 amide bonds. The number of aromatic carboxylic acids is 1. The van der Waals surface area contributed by atoms with E-state index in [9.17, 15) is 24.6 Å². The molecule has 0 radical (unpaired) electrons. The van der Waals surface area contributed by atoms with Gasteiger partial charge in [-0.25, -0.2) is 4.79 Å². The van der Waals surface area contributed by atoms with Crippen molar-refractivity contribution in [3.8, 4) is 11.3 Å². The van der Waals surface area contributed by atoms with Crippen LogP contribution in [-0.2, 0) is 9.59 Å². The highest BCUT2D eigenvalue weighted by molar-refractivity contribution is 5.95. The summed E-state index contributed by atoms with van der Waals surface area (Å²) >= 11 is 0. The predicted molar refractivity (Wildman–Crippen MR) is 151 cm³/mol. The fourth-order valence-corrected chi connectivity index (χ4v) is 5.35. The lowest BCUT2D eigenvalue weighted by Gasteiger charge is -2.37. The normalized spacial score (nSPS) is 20.8. The number of β-amino-alcohol motifs (C(OH)–C–C–N with tert-alkyl or cyclic N) is 1. The van der Waals surface area contributed by atoms with Gasteiger partial charge in [-0.05, 0) is 30.9 Å². The Morgan fingerprint density at radius 3 is 2.40 bits per heavy atom. The van der Waals surface area contributed by atoms with Crippen LogP contribution in [0.15, 0.2) is 30.3 Å². The summed E-state index contributed by atoms with van der Waals surface area (Å²) in [5.41, 5.74) is 7.31. The number of carboxylic acid groups (broad SMARTS) is 1. The van der Waals surface area contributed by atoms with Crippen LogP contribution in [0.5, 0.6) is 0 Å². The van der Waals surface area contributed by atoms with E-state index in [1.54, 1.807) is 29.2 Å². The van der Waals surface area contributed by atoms with E-state index in [1.165, 1.54) is 6.07 Å². The summed E-state index contributed by atoms with van der Waals surface area (Å²) in [4.78, 5) is 43.8. The third-order valence-corrected chi connectivity index (χ3v) is 7.57. The number of hydrogen-bond donors (Lipinski definition) is 4. The van der Waals surface area contributed by atoms with Gasteiger partial charge in [-0.1, -0.05) is 39.0 Å². The molecule has 1 aromatic heterocycles. The van der Waals surface area contributed by atoms with Gasteiger partial charge in [0, 0.05) is 44.3 Å². The number of aliphatic hydroxyl groups is 1. The average Bonchev–Trinajstić information content (AvgIpc) is 3.24. The molecule has 5 N–H and O–H groups in total. The number of rotatable bonds is 7. The summed E-state index contributed by atoms with van der Waals surface area (Å²) in [6.07, 6.45) is -0.00878. The lowest BCUT2D eigenvalue weighted by Crippen LogP contribution is -2.57. The van der Waals surface area contributed by atoms with Gasteiger partial charge in [0.2, 0.25) is 11.8 Å². The van der Waals surface area contributed by atoms with Crippen LogP contribution in [0.4, 0.5) is 11.5 Å². The molecule has 0 aliphatic carbocycles. The topological polar surface area (TPSA) is 165 Å². The second kappa shape index (κ2) is 11.8. The third-order valence-electron chi connectivity index (χ3n) is 7.57. The summed E-state index contributed by atoms with van der Waals surface area (Å²) in [6.45, 7) is 10.4. The number of carboxylic acids is 1. The minimum absolute atomic E-state index is 0.0782. The summed E-state index contributed by atoms with van der Waals surface area (Å²) in [5.74, 6) is -1.21. The maximum absolute atomic E-state index is 13.3. The highest BCUT2D eigenvalue weighted by atomic mass is 16.4. The molecule has 216 valence electrons. The quantitative estimate of drug-likeness (QED) is 0.389. The number of carbonyl (C=O) groups excluding carboxylic acids is 2. The Balaban J connectivity index is 1.38. The van der Waals surface area contributed by atoms with Crippen molar-refractivity contribution in [3.05, 3.63) is 35.9 Å². The maximum Gasteiger partial charge on any atom is 0.336 e. The molecular formula is C28H39N7O5. The van der Waals surface area contributed by atoms with E-state index in [1.807, 2.05) is 37.5 Å². The number of hydrogen-bond acceptors (Lipinski definition) is 9. The van der Waals surface area contributed by atoms with Crippen LogP contribution in [0.1, 0.15) is 44.5 Å². The maximum atomic E-state index is 13.3. The minimum atomic E-state index is -1.05. The zero-order chi connectivity index (χ0) is 29.2. The molecule has 40 heavy (non-hydrogen) atoms. The zero-order valence-corrected chi connectivity index (χ0v) is 23.5. The summed E-state index contributed by atoms with van der Waals surface area (Å²) in [6, 6.07) is 7.58. The van der Waals surface area contributed by atoms with Gasteiger partial charge in [-0.2, -0.15) is 0 Å². The van der Waals surface area contributed by atoms with Gasteiger partial charge < -0.3 is 31.1 Å². The van der Waals surface area contributed by atoms with Gasteiger partial charge in [0.05, 0.1) is 29.6 Å². The van der Waals surface area contributed by atoms with Crippen LogP contribution >= 0.6 is 0 Å². The lowest BCUT2D eigenvalue weighted by atomic mass is 9.85. The van der Waals surface area contributed by atoms with Crippen molar-refractivity contribution in [1.82, 2.24) is 25.3 Å². The Bertz CT molecular complexity index is 1260. The first kappa shape index (κ1) is 29.2. The van der Waals surface area contributed by atoms with Gasteiger partial charge in [-0.3, -0.25) is 14.5 Å². The Labute approximate surface area is 234 Å². The molecule has 0 unspecified atom stereocenters. The summed E-state index contributed by atoms with van der Waals surface area (Å²) in [7, 11) is 0. The van der Waals surface area contributed by atoms with Crippen molar-refractivity contribution < 1.29 is 24.6 Å². The SMILES string of the molecule is C[C@@H]1C[C@@H](O)CN1C(=O)[C@@H](NC(=O)CN1CCN(c2cc(-c3ccccc3C(=O)O)nnc2N)CC1)C(C)(C)C. The van der Waals surface area contributed by atoms with Crippen molar-refractivity contribution in [2.75, 3.05) is 49.9 Å².